The average molecular weight is 434 g/mol. The molecule has 6 heteroatoms. The highest BCUT2D eigenvalue weighted by molar-refractivity contribution is 7.09. The van der Waals surface area contributed by atoms with Crippen LogP contribution in [0.5, 0.6) is 5.75 Å². The Kier molecular flexibility index (Phi) is 5.91. The first-order valence-electron chi connectivity index (χ1n) is 10.1. The van der Waals surface area contributed by atoms with Gasteiger partial charge in [0.05, 0.1) is 24.8 Å². The number of hydrogen-bond donors (Lipinski definition) is 1. The first-order chi connectivity index (χ1) is 15.0. The van der Waals surface area contributed by atoms with E-state index in [9.17, 15) is 14.7 Å². The van der Waals surface area contributed by atoms with Crippen LogP contribution in [0.1, 0.15) is 34.5 Å². The molecule has 1 unspecified atom stereocenters. The number of hydrogen-bond acceptors (Lipinski definition) is 5. The second-order valence-electron chi connectivity index (χ2n) is 7.32. The fourth-order valence-electron chi connectivity index (χ4n) is 3.89. The van der Waals surface area contributed by atoms with Gasteiger partial charge in [-0.05, 0) is 48.6 Å². The van der Waals surface area contributed by atoms with Crippen molar-refractivity contribution in [3.05, 3.63) is 93.2 Å². The maximum Gasteiger partial charge on any atom is 0.295 e. The molecule has 1 amide bonds. The number of likely N-dealkylation sites (tertiary alicyclic amines) is 1. The second-order valence-corrected chi connectivity index (χ2v) is 8.36. The van der Waals surface area contributed by atoms with Crippen LogP contribution < -0.4 is 4.74 Å². The molecule has 0 aliphatic carbocycles. The minimum atomic E-state index is -0.677. The largest absolute Gasteiger partial charge is 0.507 e. The Hall–Kier alpha value is -3.38. The number of ketones is 1. The zero-order valence-electron chi connectivity index (χ0n) is 17.4. The molecule has 2 heterocycles. The lowest BCUT2D eigenvalue weighted by Gasteiger charge is -2.26. The molecule has 158 valence electrons. The number of aliphatic hydroxyl groups is 1. The summed E-state index contributed by atoms with van der Waals surface area (Å²) in [6.45, 7) is 4.60. The maximum absolute atomic E-state index is 13.1. The smallest absolute Gasteiger partial charge is 0.295 e. The predicted octanol–water partition coefficient (Wildman–Crippen LogP) is 5.08. The molecule has 31 heavy (non-hydrogen) atoms. The monoisotopic (exact) mass is 433 g/mol. The number of nitrogens with zero attached hydrogens (tertiary/aromatic N) is 1. The van der Waals surface area contributed by atoms with Gasteiger partial charge in [0.2, 0.25) is 0 Å². The van der Waals surface area contributed by atoms with E-state index < -0.39 is 17.7 Å². The standard InChI is InChI=1S/C25H23NO4S/c1-3-30-18-10-6-9-17(14-18)23(27)21-22(20-12-5-4-8-16(20)2)26(25(29)24(21)28)15-19-11-7-13-31-19/h4-14,22,27H,3,15H2,1-2H3/b23-21+. The Balaban J connectivity index is 1.87. The summed E-state index contributed by atoms with van der Waals surface area (Å²) < 4.78 is 5.53. The molecular formula is C25H23NO4S. The minimum Gasteiger partial charge on any atom is -0.507 e. The topological polar surface area (TPSA) is 66.8 Å². The van der Waals surface area contributed by atoms with Crippen molar-refractivity contribution in [3.8, 4) is 5.75 Å². The van der Waals surface area contributed by atoms with Gasteiger partial charge in [-0.15, -0.1) is 11.3 Å². The van der Waals surface area contributed by atoms with Crippen LogP contribution in [0.2, 0.25) is 0 Å². The molecule has 1 aromatic heterocycles. The summed E-state index contributed by atoms with van der Waals surface area (Å²) in [6.07, 6.45) is 0. The molecular weight excluding hydrogens is 410 g/mol. The molecule has 1 N–H and O–H groups in total. The molecule has 1 atom stereocenters. The van der Waals surface area contributed by atoms with Crippen LogP contribution in [-0.2, 0) is 16.1 Å². The molecule has 2 aromatic carbocycles. The number of carbonyl (C=O) groups excluding carboxylic acids is 2. The lowest BCUT2D eigenvalue weighted by Crippen LogP contribution is -2.29. The molecule has 0 bridgehead atoms. The molecule has 0 spiro atoms. The zero-order chi connectivity index (χ0) is 22.0. The van der Waals surface area contributed by atoms with Crippen LogP contribution in [0, 0.1) is 6.92 Å². The van der Waals surface area contributed by atoms with E-state index in [-0.39, 0.29) is 11.3 Å². The Morgan fingerprint density at radius 2 is 1.90 bits per heavy atom. The van der Waals surface area contributed by atoms with Crippen LogP contribution in [0.25, 0.3) is 5.76 Å². The van der Waals surface area contributed by atoms with Gasteiger partial charge < -0.3 is 14.7 Å². The van der Waals surface area contributed by atoms with Crippen molar-refractivity contribution in [3.63, 3.8) is 0 Å². The Morgan fingerprint density at radius 1 is 1.10 bits per heavy atom. The molecule has 1 saturated heterocycles. The first-order valence-corrected chi connectivity index (χ1v) is 11.0. The van der Waals surface area contributed by atoms with Crippen LogP contribution in [-0.4, -0.2) is 28.3 Å². The summed E-state index contributed by atoms with van der Waals surface area (Å²) in [5.41, 5.74) is 2.31. The second kappa shape index (κ2) is 8.78. The summed E-state index contributed by atoms with van der Waals surface area (Å²) in [5.74, 6) is -0.887. The minimum absolute atomic E-state index is 0.101. The number of aliphatic hydroxyl groups excluding tert-OH is 1. The van der Waals surface area contributed by atoms with Gasteiger partial charge in [-0.2, -0.15) is 0 Å². The van der Waals surface area contributed by atoms with Gasteiger partial charge in [0.25, 0.3) is 11.7 Å². The van der Waals surface area contributed by atoms with E-state index in [1.807, 2.05) is 55.6 Å². The average Bonchev–Trinajstić information content (AvgIpc) is 3.37. The van der Waals surface area contributed by atoms with Gasteiger partial charge in [0.1, 0.15) is 11.5 Å². The van der Waals surface area contributed by atoms with Gasteiger partial charge in [0, 0.05) is 10.4 Å². The maximum atomic E-state index is 13.1. The number of thiophene rings is 1. The van der Waals surface area contributed by atoms with Gasteiger partial charge >= 0.3 is 0 Å². The van der Waals surface area contributed by atoms with Crippen LogP contribution in [0.15, 0.2) is 71.6 Å². The van der Waals surface area contributed by atoms with Gasteiger partial charge in [-0.25, -0.2) is 0 Å². The van der Waals surface area contributed by atoms with Gasteiger partial charge in [0.15, 0.2) is 0 Å². The Bertz CT molecular complexity index is 1150. The Morgan fingerprint density at radius 3 is 2.61 bits per heavy atom. The number of rotatable bonds is 6. The molecule has 1 aliphatic heterocycles. The lowest BCUT2D eigenvalue weighted by molar-refractivity contribution is -0.140. The normalized spacial score (nSPS) is 17.9. The van der Waals surface area contributed by atoms with Crippen molar-refractivity contribution in [1.29, 1.82) is 0 Å². The SMILES string of the molecule is CCOc1cccc(/C(O)=C2\C(=O)C(=O)N(Cc3cccs3)C2c2ccccc2C)c1. The molecule has 4 rings (SSSR count). The summed E-state index contributed by atoms with van der Waals surface area (Å²) in [4.78, 5) is 28.7. The molecule has 0 radical (unpaired) electrons. The first kappa shape index (κ1) is 20.9. The van der Waals surface area contributed by atoms with Crippen molar-refractivity contribution in [1.82, 2.24) is 4.90 Å². The number of benzene rings is 2. The number of carbonyl (C=O) groups is 2. The highest BCUT2D eigenvalue weighted by Crippen LogP contribution is 2.41. The van der Waals surface area contributed by atoms with Crippen LogP contribution in [0.3, 0.4) is 0 Å². The Labute approximate surface area is 185 Å². The van der Waals surface area contributed by atoms with Crippen molar-refractivity contribution >= 4 is 28.8 Å². The van der Waals surface area contributed by atoms with Crippen molar-refractivity contribution in [2.45, 2.75) is 26.4 Å². The van der Waals surface area contributed by atoms with E-state index in [2.05, 4.69) is 0 Å². The molecule has 1 aliphatic rings. The zero-order valence-corrected chi connectivity index (χ0v) is 18.2. The number of Topliss-reactive ketones (excluding diaryl/α,β-unsaturated/α-hetero) is 1. The van der Waals surface area contributed by atoms with Crippen LogP contribution >= 0.6 is 11.3 Å². The van der Waals surface area contributed by atoms with Crippen molar-refractivity contribution in [2.24, 2.45) is 0 Å². The fraction of sp³-hybridized carbons (Fsp3) is 0.200. The summed E-state index contributed by atoms with van der Waals surface area (Å²) in [5, 5.41) is 13.1. The lowest BCUT2D eigenvalue weighted by atomic mass is 9.92. The van der Waals surface area contributed by atoms with Crippen molar-refractivity contribution in [2.75, 3.05) is 6.61 Å². The van der Waals surface area contributed by atoms with E-state index in [1.54, 1.807) is 29.2 Å². The fourth-order valence-corrected chi connectivity index (χ4v) is 4.59. The highest BCUT2D eigenvalue weighted by atomic mass is 32.1. The molecule has 1 fully saturated rings. The van der Waals surface area contributed by atoms with E-state index in [0.29, 0.717) is 24.5 Å². The summed E-state index contributed by atoms with van der Waals surface area (Å²) >= 11 is 1.53. The third kappa shape index (κ3) is 3.99. The van der Waals surface area contributed by atoms with E-state index in [1.165, 1.54) is 11.3 Å². The third-order valence-electron chi connectivity index (χ3n) is 5.35. The quantitative estimate of drug-likeness (QED) is 0.335. The van der Waals surface area contributed by atoms with Crippen LogP contribution in [0.4, 0.5) is 0 Å². The molecule has 0 saturated carbocycles. The number of ether oxygens (including phenoxy) is 1. The molecule has 5 nitrogen and oxygen atoms in total. The van der Waals surface area contributed by atoms with E-state index in [4.69, 9.17) is 4.74 Å². The summed E-state index contributed by atoms with van der Waals surface area (Å²) in [6, 6.07) is 17.7. The summed E-state index contributed by atoms with van der Waals surface area (Å²) in [7, 11) is 0. The van der Waals surface area contributed by atoms with Crippen molar-refractivity contribution < 1.29 is 19.4 Å². The van der Waals surface area contributed by atoms with Gasteiger partial charge in [-0.1, -0.05) is 42.5 Å². The van der Waals surface area contributed by atoms with Gasteiger partial charge in [-0.3, -0.25) is 9.59 Å². The molecule has 3 aromatic rings. The predicted molar refractivity (Wildman–Crippen MR) is 121 cm³/mol. The van der Waals surface area contributed by atoms with E-state index >= 15 is 0 Å². The van der Waals surface area contributed by atoms with E-state index in [0.717, 1.165) is 16.0 Å². The number of aryl methyl sites for hydroxylation is 1. The highest BCUT2D eigenvalue weighted by Gasteiger charge is 2.46. The third-order valence-corrected chi connectivity index (χ3v) is 6.21. The number of amides is 1.